The van der Waals surface area contributed by atoms with E-state index in [0.717, 1.165) is 16.7 Å². The lowest BCUT2D eigenvalue weighted by Gasteiger charge is -1.99. The molecule has 23 heavy (non-hydrogen) atoms. The zero-order valence-corrected chi connectivity index (χ0v) is 13.2. The number of rotatable bonds is 3. The molecule has 0 fully saturated rings. The van der Waals surface area contributed by atoms with Crippen LogP contribution in [0.25, 0.3) is 6.08 Å². The van der Waals surface area contributed by atoms with Crippen molar-refractivity contribution >= 4 is 29.5 Å². The normalized spacial score (nSPS) is 16.4. The maximum absolute atomic E-state index is 11.9. The maximum atomic E-state index is 11.9. The Kier molecular flexibility index (Phi) is 4.40. The number of carbonyl (C=O) groups is 1. The molecule has 3 rings (SSSR count). The van der Waals surface area contributed by atoms with Crippen LogP contribution >= 0.6 is 11.6 Å². The fraction of sp³-hybridized carbons (Fsp3) is 0.0526. The average Bonchev–Trinajstić information content (AvgIpc) is 2.90. The van der Waals surface area contributed by atoms with Crippen LogP contribution in [0.15, 0.2) is 76.4 Å². The molecule has 4 heteroatoms. The summed E-state index contributed by atoms with van der Waals surface area (Å²) in [5.74, 6) is -0.203. The summed E-state index contributed by atoms with van der Waals surface area (Å²) in [6, 6.07) is 17.2. The van der Waals surface area contributed by atoms with Crippen LogP contribution in [0.4, 0.5) is 0 Å². The van der Waals surface area contributed by atoms with E-state index in [-0.39, 0.29) is 5.70 Å². The number of ether oxygens (including phenoxy) is 1. The summed E-state index contributed by atoms with van der Waals surface area (Å²) < 4.78 is 5.21. The molecular formula is C19H14ClNO2. The number of cyclic esters (lactones) is 1. The van der Waals surface area contributed by atoms with Gasteiger partial charge in [-0.15, -0.1) is 0 Å². The summed E-state index contributed by atoms with van der Waals surface area (Å²) >= 11 is 6.18. The molecule has 2 aromatic carbocycles. The third-order valence-corrected chi connectivity index (χ3v) is 3.52. The van der Waals surface area contributed by atoms with Gasteiger partial charge in [-0.25, -0.2) is 9.79 Å². The van der Waals surface area contributed by atoms with Crippen molar-refractivity contribution in [3.63, 3.8) is 0 Å². The van der Waals surface area contributed by atoms with E-state index >= 15 is 0 Å². The van der Waals surface area contributed by atoms with E-state index < -0.39 is 5.97 Å². The SMILES string of the molecule is Cc1ccc(C2=N/C(=C\C(Cl)=C\c3ccccc3)C(=O)O2)cc1. The van der Waals surface area contributed by atoms with Crippen molar-refractivity contribution in [2.45, 2.75) is 6.92 Å². The van der Waals surface area contributed by atoms with Crippen LogP contribution in [-0.4, -0.2) is 11.9 Å². The number of nitrogens with zero attached hydrogens (tertiary/aromatic N) is 1. The molecule has 3 nitrogen and oxygen atoms in total. The van der Waals surface area contributed by atoms with Crippen molar-refractivity contribution in [1.82, 2.24) is 0 Å². The molecule has 0 aromatic heterocycles. The van der Waals surface area contributed by atoms with Gasteiger partial charge in [-0.2, -0.15) is 0 Å². The topological polar surface area (TPSA) is 38.7 Å². The maximum Gasteiger partial charge on any atom is 0.363 e. The number of hydrogen-bond donors (Lipinski definition) is 0. The largest absolute Gasteiger partial charge is 0.402 e. The fourth-order valence-electron chi connectivity index (χ4n) is 2.11. The van der Waals surface area contributed by atoms with Crippen LogP contribution in [0.3, 0.4) is 0 Å². The minimum Gasteiger partial charge on any atom is -0.402 e. The first-order valence-corrected chi connectivity index (χ1v) is 7.51. The summed E-state index contributed by atoms with van der Waals surface area (Å²) in [5.41, 5.74) is 3.03. The number of carbonyl (C=O) groups excluding carboxylic acids is 1. The lowest BCUT2D eigenvalue weighted by molar-refractivity contribution is -0.130. The zero-order chi connectivity index (χ0) is 16.2. The van der Waals surface area contributed by atoms with E-state index in [4.69, 9.17) is 16.3 Å². The Hall–Kier alpha value is -2.65. The second kappa shape index (κ2) is 6.63. The quantitative estimate of drug-likeness (QED) is 0.618. The Labute approximate surface area is 139 Å². The molecule has 0 radical (unpaired) electrons. The zero-order valence-electron chi connectivity index (χ0n) is 12.5. The third-order valence-electron chi connectivity index (χ3n) is 3.30. The number of esters is 1. The minimum atomic E-state index is -0.500. The number of allylic oxidation sites excluding steroid dienone is 2. The fourth-order valence-corrected chi connectivity index (χ4v) is 2.34. The Bertz CT molecular complexity index is 818. The van der Waals surface area contributed by atoms with Crippen LogP contribution in [0.2, 0.25) is 0 Å². The number of benzene rings is 2. The van der Waals surface area contributed by atoms with Crippen molar-refractivity contribution in [2.24, 2.45) is 4.99 Å². The van der Waals surface area contributed by atoms with Crippen LogP contribution in [0, 0.1) is 6.92 Å². The van der Waals surface area contributed by atoms with Gasteiger partial charge in [0.05, 0.1) is 0 Å². The predicted octanol–water partition coefficient (Wildman–Crippen LogP) is 4.46. The van der Waals surface area contributed by atoms with E-state index in [1.807, 2.05) is 61.5 Å². The molecule has 0 spiro atoms. The molecule has 0 amide bonds. The second-order valence-electron chi connectivity index (χ2n) is 5.14. The van der Waals surface area contributed by atoms with Crippen molar-refractivity contribution in [1.29, 1.82) is 0 Å². The van der Waals surface area contributed by atoms with E-state index in [9.17, 15) is 4.79 Å². The van der Waals surface area contributed by atoms with Crippen molar-refractivity contribution in [3.8, 4) is 0 Å². The van der Waals surface area contributed by atoms with Crippen LogP contribution < -0.4 is 0 Å². The molecule has 0 saturated carbocycles. The first kappa shape index (κ1) is 15.3. The minimum absolute atomic E-state index is 0.192. The number of hydrogen-bond acceptors (Lipinski definition) is 3. The van der Waals surface area contributed by atoms with E-state index in [1.54, 1.807) is 6.08 Å². The Morgan fingerprint density at radius 2 is 1.78 bits per heavy atom. The van der Waals surface area contributed by atoms with E-state index in [2.05, 4.69) is 4.99 Å². The summed E-state index contributed by atoms with van der Waals surface area (Å²) in [5, 5.41) is 0.414. The highest BCUT2D eigenvalue weighted by Gasteiger charge is 2.24. The molecular weight excluding hydrogens is 310 g/mol. The lowest BCUT2D eigenvalue weighted by atomic mass is 10.1. The number of halogens is 1. The van der Waals surface area contributed by atoms with Gasteiger partial charge in [-0.05, 0) is 36.8 Å². The van der Waals surface area contributed by atoms with Gasteiger partial charge in [0.15, 0.2) is 5.70 Å². The molecule has 1 aliphatic heterocycles. The molecule has 0 bridgehead atoms. The molecule has 0 saturated heterocycles. The van der Waals surface area contributed by atoms with Gasteiger partial charge in [-0.3, -0.25) is 0 Å². The Morgan fingerprint density at radius 3 is 2.48 bits per heavy atom. The van der Waals surface area contributed by atoms with Crippen molar-refractivity contribution < 1.29 is 9.53 Å². The van der Waals surface area contributed by atoms with Crippen molar-refractivity contribution in [2.75, 3.05) is 0 Å². The molecule has 0 N–H and O–H groups in total. The number of aliphatic imine (C=N–C) groups is 1. The molecule has 0 aliphatic carbocycles. The molecule has 114 valence electrons. The highest BCUT2D eigenvalue weighted by molar-refractivity contribution is 6.33. The van der Waals surface area contributed by atoms with Gasteiger partial charge in [0.25, 0.3) is 0 Å². The van der Waals surface area contributed by atoms with Gasteiger partial charge < -0.3 is 4.74 Å². The van der Waals surface area contributed by atoms with Crippen LogP contribution in [-0.2, 0) is 9.53 Å². The molecule has 1 heterocycles. The third kappa shape index (κ3) is 3.76. The highest BCUT2D eigenvalue weighted by Crippen LogP contribution is 2.20. The smallest absolute Gasteiger partial charge is 0.363 e. The Morgan fingerprint density at radius 1 is 1.09 bits per heavy atom. The predicted molar refractivity (Wildman–Crippen MR) is 92.2 cm³/mol. The molecule has 1 aliphatic rings. The summed E-state index contributed by atoms with van der Waals surface area (Å²) in [4.78, 5) is 16.2. The first-order valence-electron chi connectivity index (χ1n) is 7.14. The standard InChI is InChI=1S/C19H14ClNO2/c1-13-7-9-15(10-8-13)18-21-17(19(22)23-18)12-16(20)11-14-5-3-2-4-6-14/h2-12H,1H3/b16-11-,17-12-. The molecule has 2 aromatic rings. The summed E-state index contributed by atoms with van der Waals surface area (Å²) in [7, 11) is 0. The lowest BCUT2D eigenvalue weighted by Crippen LogP contribution is -2.05. The van der Waals surface area contributed by atoms with Gasteiger partial charge in [0, 0.05) is 10.6 Å². The van der Waals surface area contributed by atoms with Crippen LogP contribution in [0.1, 0.15) is 16.7 Å². The Balaban J connectivity index is 1.86. The van der Waals surface area contributed by atoms with Gasteiger partial charge >= 0.3 is 5.97 Å². The van der Waals surface area contributed by atoms with E-state index in [0.29, 0.717) is 10.9 Å². The summed E-state index contributed by atoms with van der Waals surface area (Å²) in [6.45, 7) is 1.99. The average molecular weight is 324 g/mol. The first-order chi connectivity index (χ1) is 11.1. The number of aryl methyl sites for hydroxylation is 1. The van der Waals surface area contributed by atoms with Crippen molar-refractivity contribution in [3.05, 3.63) is 88.1 Å². The molecule has 0 atom stereocenters. The van der Waals surface area contributed by atoms with Gasteiger partial charge in [0.2, 0.25) is 5.90 Å². The van der Waals surface area contributed by atoms with Gasteiger partial charge in [0.1, 0.15) is 0 Å². The van der Waals surface area contributed by atoms with Crippen LogP contribution in [0.5, 0.6) is 0 Å². The second-order valence-corrected chi connectivity index (χ2v) is 5.58. The summed E-state index contributed by atoms with van der Waals surface area (Å²) in [6.07, 6.45) is 3.28. The highest BCUT2D eigenvalue weighted by atomic mass is 35.5. The molecule has 0 unspecified atom stereocenters. The van der Waals surface area contributed by atoms with E-state index in [1.165, 1.54) is 6.08 Å². The van der Waals surface area contributed by atoms with Gasteiger partial charge in [-0.1, -0.05) is 59.6 Å². The monoisotopic (exact) mass is 323 g/mol.